The van der Waals surface area contributed by atoms with Gasteiger partial charge in [0.1, 0.15) is 0 Å². The zero-order chi connectivity index (χ0) is 13.9. The van der Waals surface area contributed by atoms with E-state index in [-0.39, 0.29) is 0 Å². The van der Waals surface area contributed by atoms with E-state index < -0.39 is 10.0 Å². The van der Waals surface area contributed by atoms with Crippen molar-refractivity contribution in [2.75, 3.05) is 20.1 Å². The summed E-state index contributed by atoms with van der Waals surface area (Å²) in [5.41, 5.74) is 1.09. The molecule has 106 valence electrons. The molecule has 1 saturated heterocycles. The fraction of sp³-hybridized carbons (Fsp3) is 0.571. The van der Waals surface area contributed by atoms with E-state index in [0.29, 0.717) is 23.9 Å². The van der Waals surface area contributed by atoms with Gasteiger partial charge in [-0.3, -0.25) is 0 Å². The number of hydrogen-bond acceptors (Lipinski definition) is 3. The van der Waals surface area contributed by atoms with E-state index in [4.69, 9.17) is 0 Å². The quantitative estimate of drug-likeness (QED) is 0.916. The Morgan fingerprint density at radius 3 is 2.32 bits per heavy atom. The third-order valence-corrected chi connectivity index (χ3v) is 5.60. The van der Waals surface area contributed by atoms with Gasteiger partial charge in [-0.2, -0.15) is 4.31 Å². The standard InChI is InChI=1S/C14H22N2O2S/c1-12-7-9-16(10-8-12)19(17,18)14-5-3-13(4-6-14)11-15-2/h3-6,12,15H,7-11H2,1-2H3. The highest BCUT2D eigenvalue weighted by Gasteiger charge is 2.27. The molecule has 0 saturated carbocycles. The van der Waals surface area contributed by atoms with Crippen molar-refractivity contribution in [1.82, 2.24) is 9.62 Å². The smallest absolute Gasteiger partial charge is 0.243 e. The first-order valence-corrected chi connectivity index (χ1v) is 8.21. The summed E-state index contributed by atoms with van der Waals surface area (Å²) in [7, 11) is -1.43. The second-order valence-electron chi connectivity index (χ2n) is 5.26. The molecule has 19 heavy (non-hydrogen) atoms. The van der Waals surface area contributed by atoms with Crippen molar-refractivity contribution in [3.63, 3.8) is 0 Å². The van der Waals surface area contributed by atoms with Gasteiger partial charge in [-0.25, -0.2) is 8.42 Å². The number of hydrogen-bond donors (Lipinski definition) is 1. The van der Waals surface area contributed by atoms with Gasteiger partial charge in [0.05, 0.1) is 4.90 Å². The second kappa shape index (κ2) is 6.03. The maximum absolute atomic E-state index is 12.5. The summed E-state index contributed by atoms with van der Waals surface area (Å²) < 4.78 is 26.6. The maximum atomic E-state index is 12.5. The predicted molar refractivity (Wildman–Crippen MR) is 76.4 cm³/mol. The summed E-state index contributed by atoms with van der Waals surface area (Å²) in [6, 6.07) is 7.16. The van der Waals surface area contributed by atoms with Crippen LogP contribution >= 0.6 is 0 Å². The van der Waals surface area contributed by atoms with Crippen LogP contribution < -0.4 is 5.32 Å². The lowest BCUT2D eigenvalue weighted by molar-refractivity contribution is 0.288. The highest BCUT2D eigenvalue weighted by Crippen LogP contribution is 2.23. The van der Waals surface area contributed by atoms with Crippen LogP contribution in [0.3, 0.4) is 0 Å². The zero-order valence-corrected chi connectivity index (χ0v) is 12.4. The van der Waals surface area contributed by atoms with Crippen LogP contribution in [0.4, 0.5) is 0 Å². The van der Waals surface area contributed by atoms with Crippen LogP contribution in [0.5, 0.6) is 0 Å². The lowest BCUT2D eigenvalue weighted by Gasteiger charge is -2.29. The van der Waals surface area contributed by atoms with Crippen LogP contribution in [0.15, 0.2) is 29.2 Å². The molecule has 0 aliphatic carbocycles. The topological polar surface area (TPSA) is 49.4 Å². The van der Waals surface area contributed by atoms with E-state index in [1.165, 1.54) is 0 Å². The van der Waals surface area contributed by atoms with E-state index in [2.05, 4.69) is 12.2 Å². The molecule has 1 aliphatic rings. The molecule has 1 aliphatic heterocycles. The van der Waals surface area contributed by atoms with E-state index in [1.54, 1.807) is 16.4 Å². The number of nitrogens with zero attached hydrogens (tertiary/aromatic N) is 1. The zero-order valence-electron chi connectivity index (χ0n) is 11.6. The minimum Gasteiger partial charge on any atom is -0.316 e. The Balaban J connectivity index is 2.15. The molecule has 1 aromatic carbocycles. The first kappa shape index (κ1) is 14.5. The Kier molecular flexibility index (Phi) is 4.60. The molecule has 0 atom stereocenters. The summed E-state index contributed by atoms with van der Waals surface area (Å²) in [5.74, 6) is 0.629. The third kappa shape index (κ3) is 3.35. The van der Waals surface area contributed by atoms with Crippen molar-refractivity contribution in [3.8, 4) is 0 Å². The molecule has 0 amide bonds. The van der Waals surface area contributed by atoms with Crippen LogP contribution in [0.1, 0.15) is 25.3 Å². The van der Waals surface area contributed by atoms with E-state index in [0.717, 1.165) is 24.9 Å². The molecule has 0 unspecified atom stereocenters. The maximum Gasteiger partial charge on any atom is 0.243 e. The molecule has 1 fully saturated rings. The van der Waals surface area contributed by atoms with Crippen molar-refractivity contribution in [1.29, 1.82) is 0 Å². The van der Waals surface area contributed by atoms with Gasteiger partial charge in [0.15, 0.2) is 0 Å². The van der Waals surface area contributed by atoms with Crippen LogP contribution in [-0.2, 0) is 16.6 Å². The van der Waals surface area contributed by atoms with E-state index in [1.807, 2.05) is 19.2 Å². The molecule has 4 nitrogen and oxygen atoms in total. The van der Waals surface area contributed by atoms with Crippen LogP contribution in [0.25, 0.3) is 0 Å². The highest BCUT2D eigenvalue weighted by atomic mass is 32.2. The van der Waals surface area contributed by atoms with Crippen molar-refractivity contribution in [3.05, 3.63) is 29.8 Å². The fourth-order valence-electron chi connectivity index (χ4n) is 2.36. The summed E-state index contributed by atoms with van der Waals surface area (Å²) in [4.78, 5) is 0.405. The van der Waals surface area contributed by atoms with Gasteiger partial charge in [-0.15, -0.1) is 0 Å². The largest absolute Gasteiger partial charge is 0.316 e. The average Bonchev–Trinajstić information content (AvgIpc) is 2.40. The highest BCUT2D eigenvalue weighted by molar-refractivity contribution is 7.89. The lowest BCUT2D eigenvalue weighted by atomic mass is 10.0. The molecule has 0 spiro atoms. The predicted octanol–water partition coefficient (Wildman–Crippen LogP) is 1.83. The van der Waals surface area contributed by atoms with Crippen molar-refractivity contribution >= 4 is 10.0 Å². The van der Waals surface area contributed by atoms with Crippen LogP contribution in [0, 0.1) is 5.92 Å². The Morgan fingerprint density at radius 2 is 1.79 bits per heavy atom. The Bertz CT molecular complexity index is 503. The van der Waals surface area contributed by atoms with Crippen molar-refractivity contribution in [2.45, 2.75) is 31.2 Å². The van der Waals surface area contributed by atoms with Crippen LogP contribution in [0.2, 0.25) is 0 Å². The molecular formula is C14H22N2O2S. The Labute approximate surface area is 115 Å². The second-order valence-corrected chi connectivity index (χ2v) is 7.20. The third-order valence-electron chi connectivity index (χ3n) is 3.68. The van der Waals surface area contributed by atoms with E-state index >= 15 is 0 Å². The first-order valence-electron chi connectivity index (χ1n) is 6.77. The fourth-order valence-corrected chi connectivity index (χ4v) is 3.83. The molecule has 0 bridgehead atoms. The van der Waals surface area contributed by atoms with Gasteiger partial charge in [0, 0.05) is 19.6 Å². The summed E-state index contributed by atoms with van der Waals surface area (Å²) >= 11 is 0. The number of piperidine rings is 1. The molecule has 1 N–H and O–H groups in total. The Hall–Kier alpha value is -0.910. The molecule has 0 aromatic heterocycles. The molecule has 2 rings (SSSR count). The first-order chi connectivity index (χ1) is 9.04. The van der Waals surface area contributed by atoms with Gasteiger partial charge in [-0.1, -0.05) is 19.1 Å². The number of benzene rings is 1. The number of nitrogens with one attached hydrogen (secondary N) is 1. The lowest BCUT2D eigenvalue weighted by Crippen LogP contribution is -2.37. The van der Waals surface area contributed by atoms with Gasteiger partial charge in [-0.05, 0) is 43.5 Å². The Morgan fingerprint density at radius 1 is 1.21 bits per heavy atom. The van der Waals surface area contributed by atoms with Crippen molar-refractivity contribution in [2.24, 2.45) is 5.92 Å². The van der Waals surface area contributed by atoms with Gasteiger partial charge in [0.25, 0.3) is 0 Å². The minimum absolute atomic E-state index is 0.405. The van der Waals surface area contributed by atoms with E-state index in [9.17, 15) is 8.42 Å². The minimum atomic E-state index is -3.30. The average molecular weight is 282 g/mol. The van der Waals surface area contributed by atoms with Gasteiger partial charge in [0.2, 0.25) is 10.0 Å². The molecule has 1 aromatic rings. The number of sulfonamides is 1. The van der Waals surface area contributed by atoms with Gasteiger partial charge >= 0.3 is 0 Å². The molecular weight excluding hydrogens is 260 g/mol. The molecule has 0 radical (unpaired) electrons. The molecule has 1 heterocycles. The summed E-state index contributed by atoms with van der Waals surface area (Å²) in [6.45, 7) is 4.21. The SMILES string of the molecule is CNCc1ccc(S(=O)(=O)N2CCC(C)CC2)cc1. The normalized spacial score (nSPS) is 18.6. The summed E-state index contributed by atoms with van der Waals surface area (Å²) in [6.07, 6.45) is 1.91. The number of rotatable bonds is 4. The van der Waals surface area contributed by atoms with Crippen LogP contribution in [-0.4, -0.2) is 32.9 Å². The van der Waals surface area contributed by atoms with Crippen molar-refractivity contribution < 1.29 is 8.42 Å². The molecule has 5 heteroatoms. The summed E-state index contributed by atoms with van der Waals surface area (Å²) in [5, 5.41) is 3.05. The monoisotopic (exact) mass is 282 g/mol. The van der Waals surface area contributed by atoms with Gasteiger partial charge < -0.3 is 5.32 Å².